The van der Waals surface area contributed by atoms with Crippen LogP contribution in [0.2, 0.25) is 36.3 Å². The molecule has 0 amide bonds. The quantitative estimate of drug-likeness (QED) is 0.0724. The van der Waals surface area contributed by atoms with Crippen molar-refractivity contribution in [1.82, 2.24) is 0 Å². The second-order valence-corrected chi connectivity index (χ2v) is 35.6. The molecule has 0 radical (unpaired) electrons. The van der Waals surface area contributed by atoms with Crippen LogP contribution < -0.4 is 65.7 Å². The highest BCUT2D eigenvalue weighted by Gasteiger charge is 2.41. The zero-order valence-corrected chi connectivity index (χ0v) is 61.4. The number of carbonyl (C=O) groups is 2. The molecule has 2 N–H and O–H groups in total. The third-order valence-corrected chi connectivity index (χ3v) is 27.0. The molecule has 95 heavy (non-hydrogen) atoms. The van der Waals surface area contributed by atoms with Crippen LogP contribution >= 0.6 is 0 Å². The first kappa shape index (κ1) is 73.7. The van der Waals surface area contributed by atoms with Crippen LogP contribution in [0.15, 0.2) is 91.0 Å². The van der Waals surface area contributed by atoms with Crippen molar-refractivity contribution >= 4 is 44.9 Å². The normalized spacial score (nSPS) is 14.6. The Labute approximate surface area is 562 Å². The van der Waals surface area contributed by atoms with E-state index in [2.05, 4.69) is 67.7 Å². The number of hydrogen-bond acceptors (Lipinski definition) is 18. The summed E-state index contributed by atoms with van der Waals surface area (Å²) in [5.74, 6) is 7.92. The zero-order valence-electron chi connectivity index (χ0n) is 59.4. The van der Waals surface area contributed by atoms with Crippen molar-refractivity contribution in [1.29, 1.82) is 0 Å². The van der Waals surface area contributed by atoms with Gasteiger partial charge in [0.05, 0.1) is 91.4 Å². The van der Waals surface area contributed by atoms with E-state index in [-0.39, 0.29) is 27.4 Å². The van der Waals surface area contributed by atoms with Gasteiger partial charge in [-0.25, -0.2) is 0 Å². The Balaban J connectivity index is 0.000000203. The van der Waals surface area contributed by atoms with E-state index in [1.807, 2.05) is 60.7 Å². The summed E-state index contributed by atoms with van der Waals surface area (Å²) < 4.78 is 80.3. The molecule has 20 heteroatoms. The van der Waals surface area contributed by atoms with E-state index < -0.39 is 22.7 Å². The summed E-state index contributed by atoms with van der Waals surface area (Å²) in [6.07, 6.45) is 7.74. The molecule has 0 saturated heterocycles. The Bertz CT molecular complexity index is 3880. The number of rotatable bonds is 19. The van der Waals surface area contributed by atoms with Gasteiger partial charge >= 0.3 is 0 Å². The maximum Gasteiger partial charge on any atom is 0.250 e. The van der Waals surface area contributed by atoms with Gasteiger partial charge < -0.3 is 75.9 Å². The van der Waals surface area contributed by atoms with E-state index in [4.69, 9.17) is 65.7 Å². The molecule has 0 saturated carbocycles. The molecule has 9 rings (SSSR count). The fourth-order valence-electron chi connectivity index (χ4n) is 11.1. The average Bonchev–Trinajstić information content (AvgIpc) is 1.77. The monoisotopic (exact) mass is 1340 g/mol. The summed E-state index contributed by atoms with van der Waals surface area (Å²) in [4.78, 5) is 25.2. The van der Waals surface area contributed by atoms with Crippen molar-refractivity contribution in [3.05, 3.63) is 141 Å². The van der Waals surface area contributed by atoms with Crippen LogP contribution in [-0.4, -0.2) is 130 Å². The Morgan fingerprint density at radius 2 is 0.684 bits per heavy atom. The van der Waals surface area contributed by atoms with Gasteiger partial charge in [0.2, 0.25) is 17.2 Å². The lowest BCUT2D eigenvalue weighted by Gasteiger charge is -2.37. The molecule has 0 heterocycles. The molecule has 0 aliphatic heterocycles. The number of aromatic hydroxyl groups is 1. The molecular weight excluding hydrogens is 1240 g/mol. The molecule has 18 nitrogen and oxygen atoms in total. The lowest BCUT2D eigenvalue weighted by Crippen LogP contribution is -2.43. The number of benzene rings is 6. The highest BCUT2D eigenvalue weighted by molar-refractivity contribution is 6.75. The first-order valence-electron chi connectivity index (χ1n) is 31.5. The minimum absolute atomic E-state index is 0.00325. The molecule has 0 bridgehead atoms. The molecule has 0 aromatic heterocycles. The van der Waals surface area contributed by atoms with Crippen molar-refractivity contribution in [2.24, 2.45) is 0 Å². The van der Waals surface area contributed by atoms with Crippen LogP contribution in [0.5, 0.6) is 86.2 Å². The van der Waals surface area contributed by atoms with Gasteiger partial charge in [0.25, 0.3) is 16.6 Å². The maximum absolute atomic E-state index is 12.8. The number of aryl methyl sites for hydroxylation is 3. The third-order valence-electron chi connectivity index (χ3n) is 18.3. The first-order valence-corrected chi connectivity index (χ1v) is 37.3. The van der Waals surface area contributed by atoms with Gasteiger partial charge in [0.1, 0.15) is 11.5 Å². The number of allylic oxidation sites excluding steroid dienone is 2. The van der Waals surface area contributed by atoms with Crippen molar-refractivity contribution in [3.8, 4) is 86.2 Å². The van der Waals surface area contributed by atoms with Crippen molar-refractivity contribution < 1.29 is 85.5 Å². The molecule has 0 fully saturated rings. The van der Waals surface area contributed by atoms with Crippen LogP contribution in [0, 0.1) is 0 Å². The predicted molar refractivity (Wildman–Crippen MR) is 377 cm³/mol. The maximum atomic E-state index is 12.8. The lowest BCUT2D eigenvalue weighted by molar-refractivity contribution is -0.115. The summed E-state index contributed by atoms with van der Waals surface area (Å²) in [7, 11) is 14.8. The number of fused-ring (bicyclic) bond motifs is 3. The van der Waals surface area contributed by atoms with Crippen LogP contribution in [0.25, 0.3) is 16.7 Å². The van der Waals surface area contributed by atoms with Crippen LogP contribution in [0.1, 0.15) is 111 Å². The standard InChI is InChI=1S/C27H38O6Si.C27H36O6Si.C21H22O6/c2*1-27(2,3)34(8,9)33-22-14-17(11-13-21(22)29-4)20-16-19(28)12-10-18-15-23(30-5)25(31-6)26(32-7)24(18)20;1-24-17-8-6-12(9-16(17)23)15-11-14(22)7-5-13-10-18(25-2)20(26-3)21(27-4)19(13)15/h11,13-16,19,28H,10,12H2,1-9H3;11,13-16H,10,12H2,1-9H3;6,8-11,23H,5,7H2,1-4H3. The third kappa shape index (κ3) is 15.8. The number of methoxy groups -OCH3 is 12. The Hall–Kier alpha value is -8.73. The van der Waals surface area contributed by atoms with Crippen molar-refractivity contribution in [3.63, 3.8) is 0 Å². The SMILES string of the molecule is COc1ccc(C2=CC(=O)CCc3cc(OC)c(OC)c(OC)c32)cc1O.COc1ccc(C2=CC(=O)CCc3cc(OC)c(OC)c(OC)c32)cc1O[Si](C)(C)C(C)(C)C.COc1ccc(C2=CC(O)CCc3cc(OC)c(OC)c(OC)c32)cc1O[Si](C)(C)C(C)(C)C. The summed E-state index contributed by atoms with van der Waals surface area (Å²) in [5.41, 5.74) is 10.1. The molecule has 1 atom stereocenters. The summed E-state index contributed by atoms with van der Waals surface area (Å²) in [5, 5.41) is 21.0. The smallest absolute Gasteiger partial charge is 0.250 e. The number of aliphatic hydroxyl groups is 1. The molecule has 512 valence electrons. The van der Waals surface area contributed by atoms with Gasteiger partial charge in [0.15, 0.2) is 69.1 Å². The zero-order chi connectivity index (χ0) is 70.1. The van der Waals surface area contributed by atoms with Crippen molar-refractivity contribution in [2.45, 2.75) is 122 Å². The van der Waals surface area contributed by atoms with Gasteiger partial charge in [-0.2, -0.15) is 0 Å². The minimum atomic E-state index is -2.13. The fourth-order valence-corrected chi connectivity index (χ4v) is 13.2. The molecule has 1 unspecified atom stereocenters. The Morgan fingerprint density at radius 1 is 0.368 bits per heavy atom. The lowest BCUT2D eigenvalue weighted by atomic mass is 9.92. The second kappa shape index (κ2) is 30.8. The summed E-state index contributed by atoms with van der Waals surface area (Å²) in [6, 6.07) is 22.5. The first-order chi connectivity index (χ1) is 45.0. The van der Waals surface area contributed by atoms with Gasteiger partial charge in [0, 0.05) is 29.5 Å². The van der Waals surface area contributed by atoms with Crippen LogP contribution in [0.3, 0.4) is 0 Å². The second-order valence-electron chi connectivity index (χ2n) is 26.1. The van der Waals surface area contributed by atoms with E-state index >= 15 is 0 Å². The van der Waals surface area contributed by atoms with E-state index in [1.54, 1.807) is 101 Å². The van der Waals surface area contributed by atoms with Gasteiger partial charge in [-0.05, 0) is 185 Å². The number of phenols is 1. The number of carbonyl (C=O) groups excluding carboxylic acids is 2. The Morgan fingerprint density at radius 3 is 1.01 bits per heavy atom. The molecular formula is C75H96O18Si2. The van der Waals surface area contributed by atoms with Crippen molar-refractivity contribution in [2.75, 3.05) is 85.3 Å². The average molecular weight is 1340 g/mol. The molecule has 3 aliphatic carbocycles. The van der Waals surface area contributed by atoms with E-state index in [9.17, 15) is 19.8 Å². The number of ether oxygens (including phenoxy) is 12. The Kier molecular flexibility index (Phi) is 23.9. The van der Waals surface area contributed by atoms with Gasteiger partial charge in [-0.15, -0.1) is 0 Å². The molecule has 0 spiro atoms. The van der Waals surface area contributed by atoms with E-state index in [1.165, 1.54) is 14.2 Å². The summed E-state index contributed by atoms with van der Waals surface area (Å²) >= 11 is 0. The minimum Gasteiger partial charge on any atom is -0.541 e. The van der Waals surface area contributed by atoms with Crippen LogP contribution in [-0.2, 0) is 28.9 Å². The van der Waals surface area contributed by atoms with Gasteiger partial charge in [-0.1, -0.05) is 59.7 Å². The largest absolute Gasteiger partial charge is 0.541 e. The highest BCUT2D eigenvalue weighted by Crippen LogP contribution is 2.53. The highest BCUT2D eigenvalue weighted by atomic mass is 28.4. The van der Waals surface area contributed by atoms with E-state index in [0.717, 1.165) is 55.7 Å². The topological polar surface area (TPSA) is 204 Å². The molecule has 6 aromatic carbocycles. The van der Waals surface area contributed by atoms with Crippen LogP contribution in [0.4, 0.5) is 0 Å². The number of phenolic OH excluding ortho intramolecular Hbond substituents is 1. The molecule has 6 aromatic rings. The predicted octanol–water partition coefficient (Wildman–Crippen LogP) is 15.3. The summed E-state index contributed by atoms with van der Waals surface area (Å²) in [6.45, 7) is 22.0. The van der Waals surface area contributed by atoms with E-state index in [0.29, 0.717) is 130 Å². The van der Waals surface area contributed by atoms with Gasteiger partial charge in [-0.3, -0.25) is 9.59 Å². The number of ketones is 2. The molecule has 3 aliphatic rings. The number of aliphatic hydroxyl groups excluding tert-OH is 1. The fraction of sp³-hybridized carbons (Fsp3) is 0.413. The number of hydrogen-bond donors (Lipinski definition) is 2.